The summed E-state index contributed by atoms with van der Waals surface area (Å²) in [5.74, 6) is 0.820. The van der Waals surface area contributed by atoms with E-state index in [0.29, 0.717) is 38.7 Å². The Morgan fingerprint density at radius 2 is 1.82 bits per heavy atom. The molecule has 0 bridgehead atoms. The van der Waals surface area contributed by atoms with E-state index in [2.05, 4.69) is 6.58 Å². The minimum Gasteiger partial charge on any atom is -0.497 e. The van der Waals surface area contributed by atoms with E-state index in [4.69, 9.17) is 19.2 Å². The first-order valence-electron chi connectivity index (χ1n) is 12.8. The quantitative estimate of drug-likeness (QED) is 0.226. The number of hydrogen-bond acceptors (Lipinski definition) is 7. The Morgan fingerprint density at radius 1 is 1.05 bits per heavy atom. The van der Waals surface area contributed by atoms with Crippen molar-refractivity contribution < 1.29 is 19.0 Å². The Bertz CT molecular complexity index is 1750. The van der Waals surface area contributed by atoms with Crippen LogP contribution in [0.2, 0.25) is 0 Å². The third-order valence-electron chi connectivity index (χ3n) is 6.33. The number of nitrogens with zero attached hydrogens (tertiary/aromatic N) is 2. The minimum absolute atomic E-state index is 0.189. The molecule has 1 aliphatic rings. The molecule has 40 heavy (non-hydrogen) atoms. The molecule has 3 aromatic carbocycles. The van der Waals surface area contributed by atoms with Crippen LogP contribution in [0.1, 0.15) is 29.7 Å². The van der Waals surface area contributed by atoms with Crippen molar-refractivity contribution in [2.24, 2.45) is 4.99 Å². The molecule has 202 valence electrons. The Morgan fingerprint density at radius 3 is 2.52 bits per heavy atom. The average Bonchev–Trinajstić information content (AvgIpc) is 3.30. The molecule has 5 rings (SSSR count). The van der Waals surface area contributed by atoms with Gasteiger partial charge in [-0.3, -0.25) is 9.36 Å². The molecule has 0 saturated heterocycles. The summed E-state index contributed by atoms with van der Waals surface area (Å²) in [6.45, 7) is 6.01. The Kier molecular flexibility index (Phi) is 8.07. The molecular formula is C32H28N2O5S. The normalized spacial score (nSPS) is 14.8. The van der Waals surface area contributed by atoms with Gasteiger partial charge >= 0.3 is 5.97 Å². The number of hydrogen-bond donors (Lipinski definition) is 0. The van der Waals surface area contributed by atoms with Gasteiger partial charge in [-0.15, -0.1) is 0 Å². The molecule has 0 N–H and O–H groups in total. The van der Waals surface area contributed by atoms with Crippen molar-refractivity contribution >= 4 is 29.1 Å². The van der Waals surface area contributed by atoms with Crippen molar-refractivity contribution in [3.8, 4) is 11.5 Å². The fourth-order valence-electron chi connectivity index (χ4n) is 4.54. The number of benzene rings is 3. The van der Waals surface area contributed by atoms with Crippen LogP contribution in [0.15, 0.2) is 107 Å². The van der Waals surface area contributed by atoms with Crippen LogP contribution in [0, 0.1) is 0 Å². The van der Waals surface area contributed by atoms with Gasteiger partial charge < -0.3 is 14.2 Å². The van der Waals surface area contributed by atoms with E-state index in [1.165, 1.54) is 11.3 Å². The first-order valence-corrected chi connectivity index (χ1v) is 13.6. The molecule has 0 spiro atoms. The molecule has 8 heteroatoms. The predicted molar refractivity (Wildman–Crippen MR) is 156 cm³/mol. The van der Waals surface area contributed by atoms with E-state index >= 15 is 0 Å². The third kappa shape index (κ3) is 5.39. The average molecular weight is 553 g/mol. The van der Waals surface area contributed by atoms with Gasteiger partial charge in [0.1, 0.15) is 18.1 Å². The maximum Gasteiger partial charge on any atom is 0.338 e. The van der Waals surface area contributed by atoms with E-state index in [-0.39, 0.29) is 12.2 Å². The topological polar surface area (TPSA) is 79.1 Å². The molecule has 1 aliphatic heterocycles. The van der Waals surface area contributed by atoms with Crippen LogP contribution in [-0.2, 0) is 9.53 Å². The number of carbonyl (C=O) groups is 1. The van der Waals surface area contributed by atoms with Crippen LogP contribution >= 0.6 is 11.3 Å². The lowest BCUT2D eigenvalue weighted by Gasteiger charge is -2.26. The van der Waals surface area contributed by atoms with Gasteiger partial charge in [-0.1, -0.05) is 78.6 Å². The summed E-state index contributed by atoms with van der Waals surface area (Å²) in [5, 5.41) is 0. The lowest BCUT2D eigenvalue weighted by atomic mass is 9.93. The Balaban J connectivity index is 1.76. The minimum atomic E-state index is -0.749. The number of aromatic nitrogens is 1. The Labute approximate surface area is 235 Å². The molecule has 0 radical (unpaired) electrons. The van der Waals surface area contributed by atoms with Crippen LogP contribution in [0.4, 0.5) is 0 Å². The molecule has 0 saturated carbocycles. The lowest BCUT2D eigenvalue weighted by Crippen LogP contribution is -2.40. The second kappa shape index (κ2) is 12.0. The second-order valence-corrected chi connectivity index (χ2v) is 9.89. The van der Waals surface area contributed by atoms with Crippen molar-refractivity contribution in [3.05, 3.63) is 133 Å². The summed E-state index contributed by atoms with van der Waals surface area (Å²) in [6, 6.07) is 23.5. The molecule has 4 aromatic rings. The van der Waals surface area contributed by atoms with Crippen molar-refractivity contribution in [1.29, 1.82) is 0 Å². The lowest BCUT2D eigenvalue weighted by molar-refractivity contribution is -0.138. The summed E-state index contributed by atoms with van der Waals surface area (Å²) >= 11 is 1.27. The highest BCUT2D eigenvalue weighted by Crippen LogP contribution is 2.35. The van der Waals surface area contributed by atoms with E-state index in [0.717, 1.165) is 16.7 Å². The fraction of sp³-hybridized carbons (Fsp3) is 0.156. The first kappa shape index (κ1) is 26.9. The summed E-state index contributed by atoms with van der Waals surface area (Å²) in [5.41, 5.74) is 2.83. The second-order valence-electron chi connectivity index (χ2n) is 8.88. The van der Waals surface area contributed by atoms with E-state index in [1.54, 1.807) is 24.7 Å². The van der Waals surface area contributed by atoms with Crippen molar-refractivity contribution in [3.63, 3.8) is 0 Å². The van der Waals surface area contributed by atoms with Crippen LogP contribution in [0.5, 0.6) is 11.5 Å². The summed E-state index contributed by atoms with van der Waals surface area (Å²) in [4.78, 5) is 32.9. The molecule has 1 atom stereocenters. The molecular weight excluding hydrogens is 524 g/mol. The number of fused-ring (bicyclic) bond motifs is 1. The standard InChI is InChI=1S/C32H28N2O5S/c1-4-18-39-25-13-9-10-21(19-25)20-26-30(35)34-29(23-14-16-24(37-3)17-15-23)27(31(36)38-5-2)28(33-32(34)40-26)22-11-7-6-8-12-22/h4,6-17,19-20,29H,1,5,18H2,2-3H3/b26-20-/t29-/m1/s1. The van der Waals surface area contributed by atoms with Crippen LogP contribution in [-0.4, -0.2) is 30.9 Å². The zero-order valence-corrected chi connectivity index (χ0v) is 23.0. The SMILES string of the molecule is C=CCOc1cccc(/C=c2\sc3n(c2=O)[C@H](c2ccc(OC)cc2)C(C(=O)OCC)=C(c2ccccc2)N=3)c1. The van der Waals surface area contributed by atoms with E-state index in [1.807, 2.05) is 84.9 Å². The van der Waals surface area contributed by atoms with Gasteiger partial charge in [0, 0.05) is 5.56 Å². The maximum atomic E-state index is 14.0. The number of carbonyl (C=O) groups excluding carboxylic acids is 1. The van der Waals surface area contributed by atoms with Crippen molar-refractivity contribution in [2.45, 2.75) is 13.0 Å². The van der Waals surface area contributed by atoms with Gasteiger partial charge in [-0.2, -0.15) is 0 Å². The maximum absolute atomic E-state index is 14.0. The molecule has 0 aliphatic carbocycles. The van der Waals surface area contributed by atoms with Crippen LogP contribution < -0.4 is 24.4 Å². The molecule has 0 fully saturated rings. The zero-order chi connectivity index (χ0) is 28.1. The van der Waals surface area contributed by atoms with Gasteiger partial charge in [-0.25, -0.2) is 9.79 Å². The number of methoxy groups -OCH3 is 1. The van der Waals surface area contributed by atoms with Gasteiger partial charge in [0.15, 0.2) is 4.80 Å². The van der Waals surface area contributed by atoms with E-state index < -0.39 is 12.0 Å². The fourth-order valence-corrected chi connectivity index (χ4v) is 5.54. The van der Waals surface area contributed by atoms with Gasteiger partial charge in [0.05, 0.1) is 35.6 Å². The highest BCUT2D eigenvalue weighted by atomic mass is 32.1. The third-order valence-corrected chi connectivity index (χ3v) is 7.31. The number of ether oxygens (including phenoxy) is 3. The summed E-state index contributed by atoms with van der Waals surface area (Å²) in [7, 11) is 1.59. The van der Waals surface area contributed by atoms with Gasteiger partial charge in [0.25, 0.3) is 5.56 Å². The predicted octanol–water partition coefficient (Wildman–Crippen LogP) is 4.51. The smallest absolute Gasteiger partial charge is 0.338 e. The monoisotopic (exact) mass is 552 g/mol. The first-order chi connectivity index (χ1) is 19.5. The zero-order valence-electron chi connectivity index (χ0n) is 22.2. The highest BCUT2D eigenvalue weighted by molar-refractivity contribution is 7.07. The largest absolute Gasteiger partial charge is 0.497 e. The van der Waals surface area contributed by atoms with Crippen molar-refractivity contribution in [1.82, 2.24) is 4.57 Å². The van der Waals surface area contributed by atoms with Crippen LogP contribution in [0.25, 0.3) is 11.8 Å². The summed E-state index contributed by atoms with van der Waals surface area (Å²) < 4.78 is 18.6. The molecule has 7 nitrogen and oxygen atoms in total. The highest BCUT2D eigenvalue weighted by Gasteiger charge is 2.35. The number of thiazole rings is 1. The van der Waals surface area contributed by atoms with Crippen LogP contribution in [0.3, 0.4) is 0 Å². The number of rotatable bonds is 9. The summed E-state index contributed by atoms with van der Waals surface area (Å²) in [6.07, 6.45) is 3.49. The van der Waals surface area contributed by atoms with Gasteiger partial charge in [-0.05, 0) is 48.4 Å². The Hall–Kier alpha value is -4.69. The van der Waals surface area contributed by atoms with Crippen molar-refractivity contribution in [2.75, 3.05) is 20.3 Å². The van der Waals surface area contributed by atoms with E-state index in [9.17, 15) is 9.59 Å². The molecule has 0 unspecified atom stereocenters. The number of esters is 1. The van der Waals surface area contributed by atoms with Gasteiger partial charge in [0.2, 0.25) is 0 Å². The molecule has 2 heterocycles. The molecule has 0 amide bonds. The molecule has 1 aromatic heterocycles.